The molecule has 4 aromatic rings. The second-order valence-electron chi connectivity index (χ2n) is 8.32. The SMILES string of the molecule is COCCCN(C(=O)COc1ccccc1)C(C)c1nc2ccccc2c(=O)n1-c1ccc(Cl)cc1. The highest BCUT2D eigenvalue weighted by atomic mass is 35.5. The zero-order chi connectivity index (χ0) is 25.5. The standard InChI is InChI=1S/C28H28ClN3O4/c1-20(31(17-8-18-35-2)26(33)19-36-23-9-4-3-5-10-23)27-30-25-12-7-6-11-24(25)28(34)32(27)22-15-13-21(29)14-16-22/h3-7,9-16,20H,8,17-19H2,1-2H3. The summed E-state index contributed by atoms with van der Waals surface area (Å²) in [6, 6.07) is 22.8. The van der Waals surface area contributed by atoms with Crippen molar-refractivity contribution < 1.29 is 14.3 Å². The molecule has 1 atom stereocenters. The minimum Gasteiger partial charge on any atom is -0.484 e. The largest absolute Gasteiger partial charge is 0.484 e. The van der Waals surface area contributed by atoms with Crippen molar-refractivity contribution in [2.24, 2.45) is 0 Å². The molecule has 0 bridgehead atoms. The quantitative estimate of drug-likeness (QED) is 0.282. The summed E-state index contributed by atoms with van der Waals surface area (Å²) in [7, 11) is 1.62. The van der Waals surface area contributed by atoms with Crippen molar-refractivity contribution in [3.05, 3.63) is 100 Å². The average Bonchev–Trinajstić information content (AvgIpc) is 2.91. The van der Waals surface area contributed by atoms with E-state index in [-0.39, 0.29) is 18.1 Å². The fourth-order valence-electron chi connectivity index (χ4n) is 4.07. The number of carbonyl (C=O) groups is 1. The van der Waals surface area contributed by atoms with Crippen molar-refractivity contribution in [2.75, 3.05) is 26.9 Å². The molecule has 0 N–H and O–H groups in total. The van der Waals surface area contributed by atoms with E-state index in [1.54, 1.807) is 65.1 Å². The molecule has 8 heteroatoms. The average molecular weight is 506 g/mol. The minimum atomic E-state index is -0.526. The summed E-state index contributed by atoms with van der Waals surface area (Å²) in [6.07, 6.45) is 0.622. The summed E-state index contributed by atoms with van der Waals surface area (Å²) in [5, 5.41) is 1.05. The third kappa shape index (κ3) is 5.75. The van der Waals surface area contributed by atoms with E-state index in [1.807, 2.05) is 37.3 Å². The molecule has 3 aromatic carbocycles. The van der Waals surface area contributed by atoms with E-state index in [0.717, 1.165) is 0 Å². The number of benzene rings is 3. The summed E-state index contributed by atoms with van der Waals surface area (Å²) in [4.78, 5) is 33.6. The molecule has 0 aliphatic carbocycles. The van der Waals surface area contributed by atoms with Gasteiger partial charge in [0, 0.05) is 25.3 Å². The number of para-hydroxylation sites is 2. The highest BCUT2D eigenvalue weighted by Crippen LogP contribution is 2.24. The van der Waals surface area contributed by atoms with E-state index in [1.165, 1.54) is 0 Å². The fourth-order valence-corrected chi connectivity index (χ4v) is 4.19. The Morgan fingerprint density at radius 1 is 1.03 bits per heavy atom. The van der Waals surface area contributed by atoms with Gasteiger partial charge >= 0.3 is 0 Å². The van der Waals surface area contributed by atoms with Gasteiger partial charge in [-0.15, -0.1) is 0 Å². The third-order valence-corrected chi connectivity index (χ3v) is 6.15. The zero-order valence-corrected chi connectivity index (χ0v) is 21.0. The van der Waals surface area contributed by atoms with Crippen LogP contribution in [-0.4, -0.2) is 47.2 Å². The molecule has 0 aliphatic rings. The van der Waals surface area contributed by atoms with E-state index < -0.39 is 6.04 Å². The van der Waals surface area contributed by atoms with E-state index in [2.05, 4.69) is 0 Å². The van der Waals surface area contributed by atoms with Gasteiger partial charge in [0.1, 0.15) is 11.6 Å². The van der Waals surface area contributed by atoms with Crippen LogP contribution in [0.2, 0.25) is 5.02 Å². The molecule has 1 heterocycles. The summed E-state index contributed by atoms with van der Waals surface area (Å²) >= 11 is 6.10. The van der Waals surface area contributed by atoms with Crippen LogP contribution in [0, 0.1) is 0 Å². The van der Waals surface area contributed by atoms with Gasteiger partial charge in [-0.2, -0.15) is 0 Å². The van der Waals surface area contributed by atoms with Gasteiger partial charge in [-0.3, -0.25) is 14.2 Å². The smallest absolute Gasteiger partial charge is 0.266 e. The number of ether oxygens (including phenoxy) is 2. The van der Waals surface area contributed by atoms with Crippen molar-refractivity contribution >= 4 is 28.4 Å². The molecule has 0 saturated heterocycles. The van der Waals surface area contributed by atoms with E-state index >= 15 is 0 Å². The van der Waals surface area contributed by atoms with Crippen LogP contribution >= 0.6 is 11.6 Å². The minimum absolute atomic E-state index is 0.139. The van der Waals surface area contributed by atoms with Gasteiger partial charge < -0.3 is 14.4 Å². The van der Waals surface area contributed by atoms with Gasteiger partial charge in [-0.25, -0.2) is 4.98 Å². The van der Waals surface area contributed by atoms with E-state index in [4.69, 9.17) is 26.1 Å². The van der Waals surface area contributed by atoms with Gasteiger partial charge in [0.2, 0.25) is 0 Å². The highest BCUT2D eigenvalue weighted by molar-refractivity contribution is 6.30. The molecule has 0 aliphatic heterocycles. The maximum absolute atomic E-state index is 13.6. The van der Waals surface area contributed by atoms with Gasteiger partial charge in [0.25, 0.3) is 11.5 Å². The molecule has 186 valence electrons. The molecular formula is C28H28ClN3O4. The molecule has 1 amide bonds. The lowest BCUT2D eigenvalue weighted by Gasteiger charge is -2.30. The summed E-state index contributed by atoms with van der Waals surface area (Å²) in [5.41, 5.74) is 0.975. The molecule has 4 rings (SSSR count). The Kier molecular flexibility index (Phi) is 8.36. The Hall–Kier alpha value is -3.68. The first-order valence-corrected chi connectivity index (χ1v) is 12.1. The number of hydrogen-bond acceptors (Lipinski definition) is 5. The molecule has 0 spiro atoms. The Morgan fingerprint density at radius 2 is 1.72 bits per heavy atom. The molecule has 0 saturated carbocycles. The predicted molar refractivity (Wildman–Crippen MR) is 141 cm³/mol. The molecule has 7 nitrogen and oxygen atoms in total. The van der Waals surface area contributed by atoms with Crippen LogP contribution in [0.15, 0.2) is 83.7 Å². The van der Waals surface area contributed by atoms with Crippen molar-refractivity contribution in [1.29, 1.82) is 0 Å². The molecular weight excluding hydrogens is 478 g/mol. The first-order valence-electron chi connectivity index (χ1n) is 11.7. The van der Waals surface area contributed by atoms with E-state index in [9.17, 15) is 9.59 Å². The Bertz CT molecular complexity index is 1370. The van der Waals surface area contributed by atoms with Gasteiger partial charge in [0.15, 0.2) is 6.61 Å². The number of fused-ring (bicyclic) bond motifs is 1. The monoisotopic (exact) mass is 505 g/mol. The topological polar surface area (TPSA) is 73.7 Å². The number of nitrogens with zero attached hydrogens (tertiary/aromatic N) is 3. The number of amides is 1. The predicted octanol–water partition coefficient (Wildman–Crippen LogP) is 5.04. The number of carbonyl (C=O) groups excluding carboxylic acids is 1. The van der Waals surface area contributed by atoms with Crippen molar-refractivity contribution in [3.8, 4) is 11.4 Å². The number of rotatable bonds is 10. The summed E-state index contributed by atoms with van der Waals surface area (Å²) in [6.45, 7) is 2.64. The highest BCUT2D eigenvalue weighted by Gasteiger charge is 2.27. The maximum atomic E-state index is 13.6. The van der Waals surface area contributed by atoms with Gasteiger partial charge in [-0.1, -0.05) is 41.9 Å². The Labute approximate surface area is 214 Å². The lowest BCUT2D eigenvalue weighted by molar-refractivity contribution is -0.136. The molecule has 1 aromatic heterocycles. The number of halogens is 1. The van der Waals surface area contributed by atoms with Crippen LogP contribution < -0.4 is 10.3 Å². The van der Waals surface area contributed by atoms with Crippen LogP contribution in [0.5, 0.6) is 5.75 Å². The number of hydrogen-bond donors (Lipinski definition) is 0. The second kappa shape index (κ2) is 11.8. The first-order chi connectivity index (χ1) is 17.5. The van der Waals surface area contributed by atoms with Crippen molar-refractivity contribution in [1.82, 2.24) is 14.5 Å². The number of methoxy groups -OCH3 is 1. The molecule has 1 unspecified atom stereocenters. The third-order valence-electron chi connectivity index (χ3n) is 5.90. The molecule has 36 heavy (non-hydrogen) atoms. The normalized spacial score (nSPS) is 11.9. The van der Waals surface area contributed by atoms with E-state index in [0.29, 0.717) is 52.8 Å². The second-order valence-corrected chi connectivity index (χ2v) is 8.75. The molecule has 0 radical (unpaired) electrons. The van der Waals surface area contributed by atoms with Crippen LogP contribution in [0.4, 0.5) is 0 Å². The lowest BCUT2D eigenvalue weighted by Crippen LogP contribution is -2.40. The number of aromatic nitrogens is 2. The van der Waals surface area contributed by atoms with Gasteiger partial charge in [0.05, 0.1) is 22.6 Å². The Morgan fingerprint density at radius 3 is 2.44 bits per heavy atom. The van der Waals surface area contributed by atoms with Crippen molar-refractivity contribution in [2.45, 2.75) is 19.4 Å². The fraction of sp³-hybridized carbons (Fsp3) is 0.250. The first kappa shape index (κ1) is 25.4. The lowest BCUT2D eigenvalue weighted by atomic mass is 10.1. The van der Waals surface area contributed by atoms with Crippen LogP contribution in [-0.2, 0) is 9.53 Å². The maximum Gasteiger partial charge on any atom is 0.266 e. The zero-order valence-electron chi connectivity index (χ0n) is 20.3. The van der Waals surface area contributed by atoms with Crippen LogP contribution in [0.25, 0.3) is 16.6 Å². The van der Waals surface area contributed by atoms with Crippen LogP contribution in [0.1, 0.15) is 25.2 Å². The van der Waals surface area contributed by atoms with Gasteiger partial charge in [-0.05, 0) is 61.9 Å². The summed E-state index contributed by atoms with van der Waals surface area (Å²) in [5.74, 6) is 0.844. The molecule has 0 fully saturated rings. The van der Waals surface area contributed by atoms with Crippen molar-refractivity contribution in [3.63, 3.8) is 0 Å². The van der Waals surface area contributed by atoms with Crippen LogP contribution in [0.3, 0.4) is 0 Å². The Balaban J connectivity index is 1.75. The summed E-state index contributed by atoms with van der Waals surface area (Å²) < 4.78 is 12.5.